The Balaban J connectivity index is 2.28. The van der Waals surface area contributed by atoms with Crippen molar-refractivity contribution in [1.29, 1.82) is 0 Å². The van der Waals surface area contributed by atoms with Crippen molar-refractivity contribution >= 4 is 34.2 Å². The van der Waals surface area contributed by atoms with Crippen LogP contribution < -0.4 is 4.90 Å². The summed E-state index contributed by atoms with van der Waals surface area (Å²) in [6, 6.07) is 8.09. The summed E-state index contributed by atoms with van der Waals surface area (Å²) in [6.07, 6.45) is 4.03. The molecule has 3 heteroatoms. The van der Waals surface area contributed by atoms with Gasteiger partial charge in [-0.05, 0) is 47.6 Å². The van der Waals surface area contributed by atoms with E-state index in [2.05, 4.69) is 22.6 Å². The molecule has 0 aromatic heterocycles. The summed E-state index contributed by atoms with van der Waals surface area (Å²) in [7, 11) is 0. The second-order valence-electron chi connectivity index (χ2n) is 3.81. The monoisotopic (exact) mass is 315 g/mol. The van der Waals surface area contributed by atoms with Crippen molar-refractivity contribution in [1.82, 2.24) is 0 Å². The number of amides is 1. The molecule has 1 aromatic rings. The van der Waals surface area contributed by atoms with E-state index in [0.29, 0.717) is 6.42 Å². The van der Waals surface area contributed by atoms with E-state index in [-0.39, 0.29) is 5.91 Å². The zero-order valence-corrected chi connectivity index (χ0v) is 10.7. The van der Waals surface area contributed by atoms with Crippen molar-refractivity contribution in [3.63, 3.8) is 0 Å². The third-order valence-corrected chi connectivity index (χ3v) is 3.63. The van der Waals surface area contributed by atoms with Crippen molar-refractivity contribution in [2.24, 2.45) is 0 Å². The first-order valence-corrected chi connectivity index (χ1v) is 6.42. The molecule has 1 saturated heterocycles. The fraction of sp³-hybridized carbons (Fsp3) is 0.417. The van der Waals surface area contributed by atoms with Gasteiger partial charge >= 0.3 is 0 Å². The van der Waals surface area contributed by atoms with E-state index in [1.807, 2.05) is 29.2 Å². The predicted octanol–water partition coefficient (Wildman–Crippen LogP) is 3.20. The SMILES string of the molecule is O=C1CCCCCN1c1ccccc1I. The van der Waals surface area contributed by atoms with Gasteiger partial charge in [0, 0.05) is 16.5 Å². The molecule has 80 valence electrons. The maximum atomic E-state index is 11.9. The second-order valence-corrected chi connectivity index (χ2v) is 4.97. The van der Waals surface area contributed by atoms with Gasteiger partial charge in [-0.15, -0.1) is 0 Å². The molecule has 0 radical (unpaired) electrons. The van der Waals surface area contributed by atoms with Crippen LogP contribution in [0.4, 0.5) is 5.69 Å². The first-order valence-electron chi connectivity index (χ1n) is 5.34. The van der Waals surface area contributed by atoms with Gasteiger partial charge in [0.15, 0.2) is 0 Å². The standard InChI is InChI=1S/C12H14INO/c13-10-6-3-4-7-11(10)14-9-5-1-2-8-12(14)15/h3-4,6-7H,1-2,5,8-9H2. The smallest absolute Gasteiger partial charge is 0.227 e. The number of carbonyl (C=O) groups is 1. The van der Waals surface area contributed by atoms with Crippen LogP contribution in [0.15, 0.2) is 24.3 Å². The summed E-state index contributed by atoms with van der Waals surface area (Å²) >= 11 is 2.29. The largest absolute Gasteiger partial charge is 0.311 e. The number of carbonyl (C=O) groups excluding carboxylic acids is 1. The van der Waals surface area contributed by atoms with Gasteiger partial charge in [0.25, 0.3) is 0 Å². The number of benzene rings is 1. The zero-order valence-electron chi connectivity index (χ0n) is 8.58. The van der Waals surface area contributed by atoms with E-state index in [1.165, 1.54) is 6.42 Å². The van der Waals surface area contributed by atoms with Crippen LogP contribution in [0.25, 0.3) is 0 Å². The molecule has 2 rings (SSSR count). The van der Waals surface area contributed by atoms with Crippen molar-refractivity contribution in [3.8, 4) is 0 Å². The normalized spacial score (nSPS) is 17.7. The predicted molar refractivity (Wildman–Crippen MR) is 70.0 cm³/mol. The fourth-order valence-electron chi connectivity index (χ4n) is 1.91. The quantitative estimate of drug-likeness (QED) is 0.729. The van der Waals surface area contributed by atoms with E-state index in [9.17, 15) is 4.79 Å². The number of nitrogens with zero attached hydrogens (tertiary/aromatic N) is 1. The topological polar surface area (TPSA) is 20.3 Å². The molecule has 15 heavy (non-hydrogen) atoms. The van der Waals surface area contributed by atoms with Gasteiger partial charge in [-0.3, -0.25) is 4.79 Å². The summed E-state index contributed by atoms with van der Waals surface area (Å²) in [5.74, 6) is 0.275. The molecule has 0 spiro atoms. The number of hydrogen-bond acceptors (Lipinski definition) is 1. The molecule has 1 aliphatic rings. The highest BCUT2D eigenvalue weighted by Gasteiger charge is 2.19. The molecule has 1 amide bonds. The number of halogens is 1. The van der Waals surface area contributed by atoms with Gasteiger partial charge in [0.2, 0.25) is 5.91 Å². The minimum atomic E-state index is 0.275. The number of rotatable bonds is 1. The lowest BCUT2D eigenvalue weighted by Crippen LogP contribution is -2.30. The molecule has 1 aliphatic heterocycles. The number of para-hydroxylation sites is 1. The highest BCUT2D eigenvalue weighted by molar-refractivity contribution is 14.1. The van der Waals surface area contributed by atoms with E-state index in [0.717, 1.165) is 28.6 Å². The molecule has 1 aromatic carbocycles. The Bertz CT molecular complexity index is 364. The van der Waals surface area contributed by atoms with Crippen molar-refractivity contribution in [2.45, 2.75) is 25.7 Å². The van der Waals surface area contributed by atoms with Gasteiger partial charge in [-0.2, -0.15) is 0 Å². The average Bonchev–Trinajstić information content (AvgIpc) is 2.44. The summed E-state index contributed by atoms with van der Waals surface area (Å²) in [6.45, 7) is 0.874. The van der Waals surface area contributed by atoms with E-state index in [4.69, 9.17) is 0 Å². The molecular weight excluding hydrogens is 301 g/mol. The first kappa shape index (κ1) is 10.9. The Hall–Kier alpha value is -0.580. The maximum Gasteiger partial charge on any atom is 0.227 e. The van der Waals surface area contributed by atoms with Gasteiger partial charge in [-0.25, -0.2) is 0 Å². The van der Waals surface area contributed by atoms with Gasteiger partial charge in [0.05, 0.1) is 5.69 Å². The molecule has 0 saturated carbocycles. The van der Waals surface area contributed by atoms with Crippen LogP contribution in [0.2, 0.25) is 0 Å². The number of hydrogen-bond donors (Lipinski definition) is 0. The van der Waals surface area contributed by atoms with Crippen LogP contribution in [0, 0.1) is 3.57 Å². The minimum absolute atomic E-state index is 0.275. The molecule has 0 atom stereocenters. The highest BCUT2D eigenvalue weighted by atomic mass is 127. The van der Waals surface area contributed by atoms with Gasteiger partial charge in [-0.1, -0.05) is 18.6 Å². The average molecular weight is 315 g/mol. The van der Waals surface area contributed by atoms with Gasteiger partial charge < -0.3 is 4.90 Å². The lowest BCUT2D eigenvalue weighted by atomic mass is 10.2. The van der Waals surface area contributed by atoms with Crippen molar-refractivity contribution in [2.75, 3.05) is 11.4 Å². The third kappa shape index (κ3) is 2.51. The molecule has 2 nitrogen and oxygen atoms in total. The summed E-state index contributed by atoms with van der Waals surface area (Å²) in [5.41, 5.74) is 1.07. The molecule has 0 aliphatic carbocycles. The highest BCUT2D eigenvalue weighted by Crippen LogP contribution is 2.25. The third-order valence-electron chi connectivity index (χ3n) is 2.72. The summed E-state index contributed by atoms with van der Waals surface area (Å²) in [5, 5.41) is 0. The zero-order chi connectivity index (χ0) is 10.7. The van der Waals surface area contributed by atoms with Crippen LogP contribution >= 0.6 is 22.6 Å². The van der Waals surface area contributed by atoms with Crippen molar-refractivity contribution < 1.29 is 4.79 Å². The molecule has 1 heterocycles. The van der Waals surface area contributed by atoms with Crippen molar-refractivity contribution in [3.05, 3.63) is 27.8 Å². The Kier molecular flexibility index (Phi) is 3.61. The molecule has 0 bridgehead atoms. The van der Waals surface area contributed by atoms with Crippen LogP contribution in [-0.2, 0) is 4.79 Å². The molecule has 0 unspecified atom stereocenters. The van der Waals surface area contributed by atoms with Crippen LogP contribution in [0.5, 0.6) is 0 Å². The second kappa shape index (κ2) is 4.96. The Morgan fingerprint density at radius 1 is 1.13 bits per heavy atom. The summed E-state index contributed by atoms with van der Waals surface area (Å²) in [4.78, 5) is 13.8. The number of anilines is 1. The molecule has 1 fully saturated rings. The van der Waals surface area contributed by atoms with E-state index in [1.54, 1.807) is 0 Å². The maximum absolute atomic E-state index is 11.9. The Morgan fingerprint density at radius 2 is 1.93 bits per heavy atom. The minimum Gasteiger partial charge on any atom is -0.311 e. The van der Waals surface area contributed by atoms with Crippen LogP contribution in [0.1, 0.15) is 25.7 Å². The molecular formula is C12H14INO. The Morgan fingerprint density at radius 3 is 2.73 bits per heavy atom. The van der Waals surface area contributed by atoms with Gasteiger partial charge in [0.1, 0.15) is 0 Å². The summed E-state index contributed by atoms with van der Waals surface area (Å²) < 4.78 is 1.16. The fourth-order valence-corrected chi connectivity index (χ4v) is 2.59. The lowest BCUT2D eigenvalue weighted by Gasteiger charge is -2.21. The molecule has 0 N–H and O–H groups in total. The Labute approximate surface area is 104 Å². The lowest BCUT2D eigenvalue weighted by molar-refractivity contribution is -0.118. The van der Waals surface area contributed by atoms with Crippen LogP contribution in [-0.4, -0.2) is 12.5 Å². The first-order chi connectivity index (χ1) is 7.29. The van der Waals surface area contributed by atoms with E-state index >= 15 is 0 Å². The van der Waals surface area contributed by atoms with Crippen LogP contribution in [0.3, 0.4) is 0 Å². The van der Waals surface area contributed by atoms with E-state index < -0.39 is 0 Å².